The average Bonchev–Trinajstić information content (AvgIpc) is 2.71. The van der Waals surface area contributed by atoms with Gasteiger partial charge in [0.15, 0.2) is 0 Å². The Bertz CT molecular complexity index is 1080. The molecule has 170 valence electrons. The van der Waals surface area contributed by atoms with E-state index in [0.717, 1.165) is 43.5 Å². The highest BCUT2D eigenvalue weighted by atomic mass is 35.5. The fourth-order valence-corrected chi connectivity index (χ4v) is 7.17. The Hall–Kier alpha value is -2.54. The first-order valence-electron chi connectivity index (χ1n) is 11.3. The molecule has 2 atom stereocenters. The number of aromatic nitrogens is 2. The summed E-state index contributed by atoms with van der Waals surface area (Å²) in [5.41, 5.74) is 0.266. The van der Waals surface area contributed by atoms with Gasteiger partial charge in [-0.05, 0) is 87.0 Å². The molecule has 1 aromatic heterocycles. The van der Waals surface area contributed by atoms with E-state index < -0.39 is 11.5 Å². The number of nitrogens with one attached hydrogen (secondary N) is 1. The van der Waals surface area contributed by atoms with E-state index in [4.69, 9.17) is 16.3 Å². The number of ether oxygens (including phenoxy) is 1. The molecule has 2 N–H and O–H groups in total. The summed E-state index contributed by atoms with van der Waals surface area (Å²) in [6, 6.07) is 7.43. The number of rotatable bonds is 7. The van der Waals surface area contributed by atoms with Crippen molar-refractivity contribution in [2.75, 3.05) is 11.9 Å². The lowest BCUT2D eigenvalue weighted by molar-refractivity contribution is -0.151. The average molecular weight is 458 g/mol. The Balaban J connectivity index is 1.44. The van der Waals surface area contributed by atoms with Gasteiger partial charge in [-0.15, -0.1) is 0 Å². The van der Waals surface area contributed by atoms with Gasteiger partial charge in [0, 0.05) is 5.69 Å². The molecule has 0 saturated heterocycles. The first-order valence-corrected chi connectivity index (χ1v) is 11.7. The third-order valence-electron chi connectivity index (χ3n) is 7.49. The summed E-state index contributed by atoms with van der Waals surface area (Å²) in [5, 5.41) is 17.4. The second-order valence-corrected chi connectivity index (χ2v) is 10.3. The molecule has 32 heavy (non-hydrogen) atoms. The molecular formula is C24H28ClN3O4. The zero-order chi connectivity index (χ0) is 22.5. The predicted molar refractivity (Wildman–Crippen MR) is 122 cm³/mol. The summed E-state index contributed by atoms with van der Waals surface area (Å²) >= 11 is 6.53. The van der Waals surface area contributed by atoms with E-state index >= 15 is 0 Å². The molecule has 7 nitrogen and oxygen atoms in total. The van der Waals surface area contributed by atoms with Crippen LogP contribution in [-0.4, -0.2) is 27.5 Å². The van der Waals surface area contributed by atoms with Crippen LogP contribution < -0.4 is 15.6 Å². The minimum Gasteiger partial charge on any atom is -0.494 e. The maximum Gasteiger partial charge on any atom is 0.303 e. The standard InChI is InChI=1S/C24H28ClN3O4/c1-2-32-18-5-3-17(4-6-18)27-19-13-26-28(22(31)21(19)25)24-10-15-7-16(11-24)9-23(8-15,14-24)12-20(29)30/h3-6,13,15-16,27H,2,7-12,14H2,1H3,(H,29,30). The van der Waals surface area contributed by atoms with E-state index in [2.05, 4.69) is 10.4 Å². The Kier molecular flexibility index (Phi) is 5.19. The van der Waals surface area contributed by atoms with Crippen LogP contribution in [0.25, 0.3) is 0 Å². The third kappa shape index (κ3) is 3.66. The molecular weight excluding hydrogens is 430 g/mol. The van der Waals surface area contributed by atoms with Crippen LogP contribution in [0, 0.1) is 17.3 Å². The number of hydrogen-bond donors (Lipinski definition) is 2. The number of carbonyl (C=O) groups is 1. The number of carboxylic acid groups (broad SMARTS) is 1. The molecule has 1 aromatic carbocycles. The number of aliphatic carboxylic acids is 1. The second kappa shape index (κ2) is 7.80. The van der Waals surface area contributed by atoms with Gasteiger partial charge >= 0.3 is 5.97 Å². The van der Waals surface area contributed by atoms with E-state index in [-0.39, 0.29) is 22.4 Å². The molecule has 4 aliphatic rings. The highest BCUT2D eigenvalue weighted by Crippen LogP contribution is 2.65. The maximum absolute atomic E-state index is 13.4. The highest BCUT2D eigenvalue weighted by Gasteiger charge is 2.59. The highest BCUT2D eigenvalue weighted by molar-refractivity contribution is 6.33. The van der Waals surface area contributed by atoms with Crippen LogP contribution in [0.4, 0.5) is 11.4 Å². The summed E-state index contributed by atoms with van der Waals surface area (Å²) in [5.74, 6) is 0.916. The van der Waals surface area contributed by atoms with Crippen LogP contribution in [0.2, 0.25) is 5.02 Å². The molecule has 2 aromatic rings. The molecule has 4 aliphatic carbocycles. The van der Waals surface area contributed by atoms with Crippen LogP contribution in [-0.2, 0) is 10.3 Å². The van der Waals surface area contributed by atoms with Crippen molar-refractivity contribution >= 4 is 28.9 Å². The minimum atomic E-state index is -0.754. The Morgan fingerprint density at radius 2 is 1.94 bits per heavy atom. The number of benzene rings is 1. The normalized spacial score (nSPS) is 30.3. The van der Waals surface area contributed by atoms with Crippen molar-refractivity contribution in [3.05, 3.63) is 45.8 Å². The number of hydrogen-bond acceptors (Lipinski definition) is 5. The van der Waals surface area contributed by atoms with E-state index in [1.54, 1.807) is 10.9 Å². The molecule has 0 amide bonds. The zero-order valence-electron chi connectivity index (χ0n) is 18.1. The fraction of sp³-hybridized carbons (Fsp3) is 0.542. The Labute approximate surface area is 191 Å². The maximum atomic E-state index is 13.4. The predicted octanol–water partition coefficient (Wildman–Crippen LogP) is 4.81. The molecule has 6 rings (SSSR count). The van der Waals surface area contributed by atoms with E-state index in [1.807, 2.05) is 31.2 Å². The zero-order valence-corrected chi connectivity index (χ0v) is 18.9. The van der Waals surface area contributed by atoms with Gasteiger partial charge in [0.05, 0.1) is 30.5 Å². The second-order valence-electron chi connectivity index (χ2n) is 9.93. The molecule has 1 heterocycles. The molecule has 0 aliphatic heterocycles. The molecule has 0 radical (unpaired) electrons. The van der Waals surface area contributed by atoms with Crippen molar-refractivity contribution in [3.63, 3.8) is 0 Å². The lowest BCUT2D eigenvalue weighted by Crippen LogP contribution is -2.59. The first kappa shape index (κ1) is 21.3. The third-order valence-corrected chi connectivity index (χ3v) is 7.86. The quantitative estimate of drug-likeness (QED) is 0.619. The van der Waals surface area contributed by atoms with E-state index in [0.29, 0.717) is 30.6 Å². The number of halogens is 1. The van der Waals surface area contributed by atoms with Crippen molar-refractivity contribution in [1.82, 2.24) is 9.78 Å². The minimum absolute atomic E-state index is 0.108. The van der Waals surface area contributed by atoms with Crippen molar-refractivity contribution < 1.29 is 14.6 Å². The van der Waals surface area contributed by atoms with Crippen molar-refractivity contribution in [1.29, 1.82) is 0 Å². The smallest absolute Gasteiger partial charge is 0.303 e. The van der Waals surface area contributed by atoms with Gasteiger partial charge in [-0.1, -0.05) is 11.6 Å². The molecule has 2 unspecified atom stereocenters. The van der Waals surface area contributed by atoms with Crippen LogP contribution >= 0.6 is 11.6 Å². The molecule has 4 saturated carbocycles. The molecule has 4 fully saturated rings. The van der Waals surface area contributed by atoms with Gasteiger partial charge in [0.25, 0.3) is 5.56 Å². The lowest BCUT2D eigenvalue weighted by atomic mass is 9.46. The molecule has 0 spiro atoms. The van der Waals surface area contributed by atoms with Gasteiger partial charge < -0.3 is 15.2 Å². The Morgan fingerprint density at radius 3 is 2.56 bits per heavy atom. The monoisotopic (exact) mass is 457 g/mol. The summed E-state index contributed by atoms with van der Waals surface area (Å²) in [6.45, 7) is 2.53. The summed E-state index contributed by atoms with van der Waals surface area (Å²) in [7, 11) is 0. The van der Waals surface area contributed by atoms with Crippen molar-refractivity contribution in [2.45, 2.75) is 57.4 Å². The number of anilines is 2. The van der Waals surface area contributed by atoms with Gasteiger partial charge in [-0.2, -0.15) is 5.10 Å². The first-order chi connectivity index (χ1) is 15.3. The van der Waals surface area contributed by atoms with Crippen LogP contribution in [0.15, 0.2) is 35.3 Å². The van der Waals surface area contributed by atoms with Gasteiger partial charge in [-0.25, -0.2) is 4.68 Å². The van der Waals surface area contributed by atoms with Crippen molar-refractivity contribution in [2.24, 2.45) is 17.3 Å². The lowest BCUT2D eigenvalue weighted by Gasteiger charge is -2.61. The number of carboxylic acids is 1. The van der Waals surface area contributed by atoms with Gasteiger partial charge in [0.1, 0.15) is 10.8 Å². The van der Waals surface area contributed by atoms with E-state index in [9.17, 15) is 14.7 Å². The molecule has 4 bridgehead atoms. The SMILES string of the molecule is CCOc1ccc(Nc2cnn(C34CC5CC(CC(CC(=O)O)(C5)C3)C4)c(=O)c2Cl)cc1. The topological polar surface area (TPSA) is 93.4 Å². The fourth-order valence-electron chi connectivity index (χ4n) is 6.99. The largest absolute Gasteiger partial charge is 0.494 e. The van der Waals surface area contributed by atoms with Crippen LogP contribution in [0.3, 0.4) is 0 Å². The Morgan fingerprint density at radius 1 is 1.25 bits per heavy atom. The van der Waals surface area contributed by atoms with Gasteiger partial charge in [-0.3, -0.25) is 9.59 Å². The van der Waals surface area contributed by atoms with E-state index in [1.165, 1.54) is 0 Å². The summed E-state index contributed by atoms with van der Waals surface area (Å²) in [4.78, 5) is 25.0. The van der Waals surface area contributed by atoms with Crippen LogP contribution in [0.1, 0.15) is 51.9 Å². The number of nitrogens with zero attached hydrogens (tertiary/aromatic N) is 2. The summed E-state index contributed by atoms with van der Waals surface area (Å²) in [6.07, 6.45) is 7.23. The van der Waals surface area contributed by atoms with Crippen molar-refractivity contribution in [3.8, 4) is 5.75 Å². The molecule has 8 heteroatoms. The van der Waals surface area contributed by atoms with Crippen LogP contribution in [0.5, 0.6) is 5.75 Å². The van der Waals surface area contributed by atoms with Gasteiger partial charge in [0.2, 0.25) is 0 Å². The summed E-state index contributed by atoms with van der Waals surface area (Å²) < 4.78 is 7.04.